The van der Waals surface area contributed by atoms with E-state index in [4.69, 9.17) is 0 Å². The molecule has 0 aliphatic rings. The third-order valence-corrected chi connectivity index (χ3v) is 2.27. The molecule has 6 radical (unpaired) electrons. The molecule has 6 heteroatoms. The van der Waals surface area contributed by atoms with Crippen molar-refractivity contribution in [2.45, 2.75) is 13.8 Å². The second-order valence-corrected chi connectivity index (χ2v) is 3.48. The first-order chi connectivity index (χ1) is 6.77. The van der Waals surface area contributed by atoms with Gasteiger partial charge in [0.1, 0.15) is 0 Å². The standard InChI is InChI=1S/C14H12.6Y/c1-11-6-5-8-13(10-11)14-9-4-3-7-12(14)2;;;;;;/h3-8H,1-2H3;;;;;;/q-2;;;;;;. The summed E-state index contributed by atoms with van der Waals surface area (Å²) in [5.41, 5.74) is 4.69. The summed E-state index contributed by atoms with van der Waals surface area (Å²) in [7, 11) is 0. The number of hydrogen-bond donors (Lipinski definition) is 0. The van der Waals surface area contributed by atoms with Crippen molar-refractivity contribution in [3.05, 3.63) is 59.7 Å². The summed E-state index contributed by atoms with van der Waals surface area (Å²) in [6.45, 7) is 4.16. The maximum Gasteiger partial charge on any atom is 0 e. The quantitative estimate of drug-likeness (QED) is 0.397. The van der Waals surface area contributed by atoms with E-state index in [0.717, 1.165) is 11.1 Å². The summed E-state index contributed by atoms with van der Waals surface area (Å²) in [4.78, 5) is 0. The van der Waals surface area contributed by atoms with Crippen LogP contribution in [0.25, 0.3) is 11.1 Å². The van der Waals surface area contributed by atoms with Crippen LogP contribution in [0.1, 0.15) is 11.1 Å². The molecular formula is C14H12Y6-2. The monoisotopic (exact) mass is 714 g/mol. The maximum absolute atomic E-state index is 3.33. The first kappa shape index (κ1) is 36.1. The minimum absolute atomic E-state index is 0. The van der Waals surface area contributed by atoms with Gasteiger partial charge >= 0.3 is 0 Å². The van der Waals surface area contributed by atoms with E-state index in [1.807, 2.05) is 12.1 Å². The minimum Gasteiger partial charge on any atom is -0.226 e. The predicted octanol–water partition coefficient (Wildman–Crippen LogP) is 3.56. The Hall–Kier alpha value is 5.06. The Bertz CT molecular complexity index is 459. The molecule has 0 nitrogen and oxygen atoms in total. The van der Waals surface area contributed by atoms with Crippen LogP contribution in [0.4, 0.5) is 0 Å². The predicted molar refractivity (Wildman–Crippen MR) is 59.0 cm³/mol. The van der Waals surface area contributed by atoms with Gasteiger partial charge < -0.3 is 0 Å². The van der Waals surface area contributed by atoms with Crippen LogP contribution in [0.3, 0.4) is 0 Å². The smallest absolute Gasteiger partial charge is 0 e. The Morgan fingerprint density at radius 2 is 1.35 bits per heavy atom. The van der Waals surface area contributed by atoms with E-state index in [1.54, 1.807) is 0 Å². The molecule has 0 atom stereocenters. The van der Waals surface area contributed by atoms with Crippen molar-refractivity contribution >= 4 is 0 Å². The average Bonchev–Trinajstić information content (AvgIpc) is 2.18. The average molecular weight is 714 g/mol. The molecule has 0 N–H and O–H groups in total. The van der Waals surface area contributed by atoms with Crippen molar-refractivity contribution in [3.8, 4) is 11.1 Å². The third kappa shape index (κ3) is 12.4. The molecule has 0 bridgehead atoms. The Morgan fingerprint density at radius 3 is 1.85 bits per heavy atom. The van der Waals surface area contributed by atoms with E-state index < -0.39 is 0 Å². The van der Waals surface area contributed by atoms with E-state index in [-0.39, 0.29) is 196 Å². The number of rotatable bonds is 1. The van der Waals surface area contributed by atoms with Gasteiger partial charge in [-0.2, -0.15) is 42.0 Å². The first-order valence-corrected chi connectivity index (χ1v) is 4.74. The second-order valence-electron chi connectivity index (χ2n) is 3.48. The molecule has 0 unspecified atom stereocenters. The fraction of sp³-hybridized carbons (Fsp3) is 0.143. The molecule has 0 saturated carbocycles. The van der Waals surface area contributed by atoms with Crippen molar-refractivity contribution in [2.24, 2.45) is 0 Å². The first-order valence-electron chi connectivity index (χ1n) is 4.74. The summed E-state index contributed by atoms with van der Waals surface area (Å²) in [5.74, 6) is 0. The molecule has 0 aliphatic carbocycles. The Balaban J connectivity index is -0.000000125. The van der Waals surface area contributed by atoms with Crippen LogP contribution in [0.15, 0.2) is 36.4 Å². The zero-order chi connectivity index (χ0) is 9.97. The Morgan fingerprint density at radius 1 is 0.750 bits per heavy atom. The molecule has 2 rings (SSSR count). The van der Waals surface area contributed by atoms with Crippen LogP contribution in [0.2, 0.25) is 0 Å². The molecule has 2 aromatic rings. The summed E-state index contributed by atoms with van der Waals surface area (Å²) >= 11 is 0. The van der Waals surface area contributed by atoms with Crippen molar-refractivity contribution in [2.75, 3.05) is 0 Å². The van der Waals surface area contributed by atoms with Crippen LogP contribution in [0.5, 0.6) is 0 Å². The van der Waals surface area contributed by atoms with Gasteiger partial charge in [-0.3, -0.25) is 0 Å². The van der Waals surface area contributed by atoms with Gasteiger partial charge in [0.2, 0.25) is 0 Å². The SMILES string of the molecule is Cc1[c-]c(-c2[c-]cccc2C)ccc1.[Y].[Y].[Y].[Y].[Y].[Y]. The fourth-order valence-electron chi connectivity index (χ4n) is 1.54. The van der Waals surface area contributed by atoms with Gasteiger partial charge in [0, 0.05) is 196 Å². The Labute approximate surface area is 274 Å². The van der Waals surface area contributed by atoms with Crippen molar-refractivity contribution < 1.29 is 196 Å². The van der Waals surface area contributed by atoms with Crippen LogP contribution >= 0.6 is 0 Å². The van der Waals surface area contributed by atoms with E-state index in [9.17, 15) is 0 Å². The van der Waals surface area contributed by atoms with Crippen LogP contribution in [-0.2, 0) is 196 Å². The number of aryl methyl sites for hydroxylation is 2. The van der Waals surface area contributed by atoms with Gasteiger partial charge in [-0.15, -0.1) is 17.7 Å². The number of benzene rings is 2. The normalized spacial score (nSPS) is 7.10. The second kappa shape index (κ2) is 20.4. The van der Waals surface area contributed by atoms with Gasteiger partial charge in [0.05, 0.1) is 0 Å². The molecular weight excluding hydrogens is 702 g/mol. The summed E-state index contributed by atoms with van der Waals surface area (Å²) in [6, 6.07) is 18.8. The van der Waals surface area contributed by atoms with Crippen molar-refractivity contribution in [1.29, 1.82) is 0 Å². The van der Waals surface area contributed by atoms with Gasteiger partial charge in [0.25, 0.3) is 0 Å². The van der Waals surface area contributed by atoms with Crippen LogP contribution < -0.4 is 0 Å². The third-order valence-electron chi connectivity index (χ3n) is 2.27. The summed E-state index contributed by atoms with van der Waals surface area (Å²) in [5, 5.41) is 0. The maximum atomic E-state index is 3.33. The molecule has 0 heterocycles. The molecule has 0 aliphatic heterocycles. The molecule has 88 valence electrons. The molecule has 0 amide bonds. The topological polar surface area (TPSA) is 0 Å². The summed E-state index contributed by atoms with van der Waals surface area (Å²) < 4.78 is 0. The van der Waals surface area contributed by atoms with Crippen molar-refractivity contribution in [1.82, 2.24) is 0 Å². The van der Waals surface area contributed by atoms with Gasteiger partial charge in [-0.05, 0) is 0 Å². The number of hydrogen-bond acceptors (Lipinski definition) is 0. The zero-order valence-corrected chi connectivity index (χ0v) is 29.0. The zero-order valence-electron chi connectivity index (χ0n) is 11.9. The van der Waals surface area contributed by atoms with Gasteiger partial charge in [0.15, 0.2) is 0 Å². The molecule has 0 fully saturated rings. The van der Waals surface area contributed by atoms with E-state index in [2.05, 4.69) is 50.2 Å². The van der Waals surface area contributed by atoms with Gasteiger partial charge in [-0.25, -0.2) is 11.1 Å². The fourth-order valence-corrected chi connectivity index (χ4v) is 1.54. The minimum atomic E-state index is 0. The van der Waals surface area contributed by atoms with E-state index in [0.29, 0.717) is 0 Å². The van der Waals surface area contributed by atoms with Crippen LogP contribution in [-0.4, -0.2) is 0 Å². The molecule has 2 aromatic carbocycles. The van der Waals surface area contributed by atoms with E-state index >= 15 is 0 Å². The summed E-state index contributed by atoms with van der Waals surface area (Å²) in [6.07, 6.45) is 0. The molecule has 20 heavy (non-hydrogen) atoms. The molecule has 0 saturated heterocycles. The molecule has 0 aromatic heterocycles. The van der Waals surface area contributed by atoms with Crippen molar-refractivity contribution in [3.63, 3.8) is 0 Å². The Kier molecular flexibility index (Phi) is 36.7. The van der Waals surface area contributed by atoms with Gasteiger partial charge in [-0.1, -0.05) is 13.8 Å². The largest absolute Gasteiger partial charge is 0.226 e. The van der Waals surface area contributed by atoms with E-state index in [1.165, 1.54) is 11.1 Å². The molecule has 0 spiro atoms. The van der Waals surface area contributed by atoms with Crippen LogP contribution in [0, 0.1) is 26.0 Å².